The molecule has 2 heterocycles. The van der Waals surface area contributed by atoms with Crippen LogP contribution in [0.25, 0.3) is 10.2 Å². The molecule has 17 heavy (non-hydrogen) atoms. The van der Waals surface area contributed by atoms with E-state index in [9.17, 15) is 0 Å². The fourth-order valence-corrected chi connectivity index (χ4v) is 2.69. The highest BCUT2D eigenvalue weighted by atomic mass is 32.1. The summed E-state index contributed by atoms with van der Waals surface area (Å²) in [4.78, 5) is 8.58. The van der Waals surface area contributed by atoms with E-state index in [1.54, 1.807) is 17.7 Å². The topological polar surface area (TPSA) is 63.8 Å². The molecule has 92 valence electrons. The van der Waals surface area contributed by atoms with Gasteiger partial charge in [0.1, 0.15) is 12.1 Å². The molecule has 0 saturated carbocycles. The van der Waals surface area contributed by atoms with Crippen molar-refractivity contribution >= 4 is 27.4 Å². The number of nitrogens with zero attached hydrogens (tertiary/aromatic N) is 2. The van der Waals surface area contributed by atoms with Crippen LogP contribution in [0.2, 0.25) is 0 Å². The number of thiophene rings is 1. The van der Waals surface area contributed by atoms with Gasteiger partial charge in [0.25, 0.3) is 0 Å². The smallest absolute Gasteiger partial charge is 0.147 e. The van der Waals surface area contributed by atoms with Gasteiger partial charge in [0.05, 0.1) is 15.8 Å². The zero-order valence-electron chi connectivity index (χ0n) is 10.2. The van der Waals surface area contributed by atoms with Crippen LogP contribution < -0.4 is 11.1 Å². The van der Waals surface area contributed by atoms with Crippen molar-refractivity contribution < 1.29 is 0 Å². The van der Waals surface area contributed by atoms with Crippen molar-refractivity contribution in [3.63, 3.8) is 0 Å². The lowest BCUT2D eigenvalue weighted by Crippen LogP contribution is -2.44. The second-order valence-electron chi connectivity index (χ2n) is 4.17. The molecule has 0 aliphatic rings. The molecule has 0 aromatic carbocycles. The lowest BCUT2D eigenvalue weighted by atomic mass is 9.93. The van der Waals surface area contributed by atoms with Gasteiger partial charge < -0.3 is 11.1 Å². The minimum absolute atomic E-state index is 0.0642. The van der Waals surface area contributed by atoms with Crippen LogP contribution in [0.5, 0.6) is 0 Å². The first kappa shape index (κ1) is 12.3. The summed E-state index contributed by atoms with van der Waals surface area (Å²) >= 11 is 1.66. The predicted molar refractivity (Wildman–Crippen MR) is 73.4 cm³/mol. The summed E-state index contributed by atoms with van der Waals surface area (Å²) in [6.45, 7) is 4.91. The fraction of sp³-hybridized carbons (Fsp3) is 0.500. The molecule has 3 N–H and O–H groups in total. The quantitative estimate of drug-likeness (QED) is 0.856. The maximum Gasteiger partial charge on any atom is 0.147 e. The standard InChI is InChI=1S/C12H18N4S/c1-3-12(4-2,7-13)16-11-10-9(5-6-17-10)14-8-15-11/h5-6,8H,3-4,7,13H2,1-2H3,(H,14,15,16). The van der Waals surface area contributed by atoms with E-state index in [4.69, 9.17) is 5.73 Å². The number of anilines is 1. The highest BCUT2D eigenvalue weighted by molar-refractivity contribution is 7.17. The molecule has 0 unspecified atom stereocenters. The number of aromatic nitrogens is 2. The number of nitrogens with two attached hydrogens (primary N) is 1. The van der Waals surface area contributed by atoms with Crippen LogP contribution in [0, 0.1) is 0 Å². The van der Waals surface area contributed by atoms with Crippen LogP contribution >= 0.6 is 11.3 Å². The lowest BCUT2D eigenvalue weighted by Gasteiger charge is -2.32. The van der Waals surface area contributed by atoms with Crippen molar-refractivity contribution in [1.29, 1.82) is 0 Å². The van der Waals surface area contributed by atoms with Crippen LogP contribution in [0.15, 0.2) is 17.8 Å². The summed E-state index contributed by atoms with van der Waals surface area (Å²) in [5.74, 6) is 0.902. The Morgan fingerprint density at radius 2 is 2.12 bits per heavy atom. The first-order chi connectivity index (χ1) is 8.24. The summed E-state index contributed by atoms with van der Waals surface area (Å²) in [6.07, 6.45) is 3.57. The lowest BCUT2D eigenvalue weighted by molar-refractivity contribution is 0.444. The van der Waals surface area contributed by atoms with Gasteiger partial charge in [0.2, 0.25) is 0 Å². The molecule has 0 aliphatic heterocycles. The predicted octanol–water partition coefficient (Wildman–Crippen LogP) is 2.62. The van der Waals surface area contributed by atoms with Crippen LogP contribution in [-0.4, -0.2) is 22.1 Å². The van der Waals surface area contributed by atoms with Gasteiger partial charge in [-0.2, -0.15) is 0 Å². The SMILES string of the molecule is CCC(CC)(CN)Nc1ncnc2ccsc12. The molecule has 0 spiro atoms. The molecule has 2 aromatic heterocycles. The Balaban J connectivity index is 2.37. The first-order valence-corrected chi connectivity index (χ1v) is 6.79. The van der Waals surface area contributed by atoms with Gasteiger partial charge in [0.15, 0.2) is 0 Å². The van der Waals surface area contributed by atoms with Gasteiger partial charge in [-0.3, -0.25) is 0 Å². The number of hydrogen-bond donors (Lipinski definition) is 2. The molecule has 5 heteroatoms. The Hall–Kier alpha value is -1.20. The number of nitrogens with one attached hydrogen (secondary N) is 1. The zero-order chi connectivity index (χ0) is 12.3. The van der Waals surface area contributed by atoms with Crippen molar-refractivity contribution in [2.45, 2.75) is 32.2 Å². The van der Waals surface area contributed by atoms with Crippen LogP contribution in [0.1, 0.15) is 26.7 Å². The number of hydrogen-bond acceptors (Lipinski definition) is 5. The van der Waals surface area contributed by atoms with Crippen LogP contribution in [0.3, 0.4) is 0 Å². The average molecular weight is 250 g/mol. The zero-order valence-corrected chi connectivity index (χ0v) is 11.0. The first-order valence-electron chi connectivity index (χ1n) is 5.91. The maximum atomic E-state index is 5.89. The van der Waals surface area contributed by atoms with Crippen molar-refractivity contribution in [3.05, 3.63) is 17.8 Å². The third-order valence-corrected chi connectivity index (χ3v) is 4.28. The average Bonchev–Trinajstić information content (AvgIpc) is 2.85. The molecule has 0 fully saturated rings. The van der Waals surface area contributed by atoms with E-state index < -0.39 is 0 Å². The molecule has 0 saturated heterocycles. The van der Waals surface area contributed by atoms with Gasteiger partial charge in [0, 0.05) is 6.54 Å². The van der Waals surface area contributed by atoms with E-state index in [0.717, 1.165) is 28.9 Å². The van der Waals surface area contributed by atoms with Crippen molar-refractivity contribution in [2.24, 2.45) is 5.73 Å². The molecule has 0 aliphatic carbocycles. The van der Waals surface area contributed by atoms with Gasteiger partial charge in [-0.05, 0) is 24.3 Å². The van der Waals surface area contributed by atoms with E-state index in [1.165, 1.54) is 0 Å². The molecule has 0 radical (unpaired) electrons. The summed E-state index contributed by atoms with van der Waals surface area (Å²) in [7, 11) is 0. The Morgan fingerprint density at radius 1 is 1.35 bits per heavy atom. The monoisotopic (exact) mass is 250 g/mol. The van der Waals surface area contributed by atoms with Gasteiger partial charge in [-0.15, -0.1) is 11.3 Å². The van der Waals surface area contributed by atoms with E-state index in [2.05, 4.69) is 29.1 Å². The highest BCUT2D eigenvalue weighted by Gasteiger charge is 2.25. The van der Waals surface area contributed by atoms with Crippen molar-refractivity contribution in [3.8, 4) is 0 Å². The molecule has 0 bridgehead atoms. The minimum atomic E-state index is -0.0642. The summed E-state index contributed by atoms with van der Waals surface area (Å²) < 4.78 is 1.10. The second-order valence-corrected chi connectivity index (χ2v) is 5.09. The van der Waals surface area contributed by atoms with E-state index in [1.807, 2.05) is 11.4 Å². The van der Waals surface area contributed by atoms with Crippen molar-refractivity contribution in [1.82, 2.24) is 9.97 Å². The van der Waals surface area contributed by atoms with Crippen molar-refractivity contribution in [2.75, 3.05) is 11.9 Å². The molecular formula is C12H18N4S. The Labute approximate surface area is 105 Å². The molecule has 4 nitrogen and oxygen atoms in total. The molecule has 0 amide bonds. The largest absolute Gasteiger partial charge is 0.362 e. The molecule has 0 atom stereocenters. The Morgan fingerprint density at radius 3 is 2.76 bits per heavy atom. The normalized spacial score (nSPS) is 11.9. The van der Waals surface area contributed by atoms with E-state index in [-0.39, 0.29) is 5.54 Å². The number of rotatable bonds is 5. The van der Waals surface area contributed by atoms with Gasteiger partial charge in [-0.25, -0.2) is 9.97 Å². The van der Waals surface area contributed by atoms with E-state index in [0.29, 0.717) is 6.54 Å². The Bertz CT molecular complexity index is 482. The second kappa shape index (κ2) is 4.98. The Kier molecular flexibility index (Phi) is 3.59. The highest BCUT2D eigenvalue weighted by Crippen LogP contribution is 2.28. The third kappa shape index (κ3) is 2.25. The van der Waals surface area contributed by atoms with E-state index >= 15 is 0 Å². The summed E-state index contributed by atoms with van der Waals surface area (Å²) in [5, 5.41) is 5.54. The summed E-state index contributed by atoms with van der Waals surface area (Å²) in [5.41, 5.74) is 6.82. The summed E-state index contributed by atoms with van der Waals surface area (Å²) in [6, 6.07) is 2.01. The number of fused-ring (bicyclic) bond motifs is 1. The van der Waals surface area contributed by atoms with Crippen LogP contribution in [0.4, 0.5) is 5.82 Å². The molecule has 2 aromatic rings. The molecule has 2 rings (SSSR count). The third-order valence-electron chi connectivity index (χ3n) is 3.37. The maximum absolute atomic E-state index is 5.89. The molecular weight excluding hydrogens is 232 g/mol. The van der Waals surface area contributed by atoms with Crippen LogP contribution in [-0.2, 0) is 0 Å². The van der Waals surface area contributed by atoms with Gasteiger partial charge >= 0.3 is 0 Å². The van der Waals surface area contributed by atoms with Gasteiger partial charge in [-0.1, -0.05) is 13.8 Å². The minimum Gasteiger partial charge on any atom is -0.362 e. The fourth-order valence-electron chi connectivity index (χ4n) is 1.90.